The number of aryl methyl sites for hydroxylation is 2. The Balaban J connectivity index is 2.39. The molecule has 0 spiro atoms. The lowest BCUT2D eigenvalue weighted by Gasteiger charge is -2.29. The molecule has 144 valence electrons. The second-order valence-corrected chi connectivity index (χ2v) is 8.26. The zero-order chi connectivity index (χ0) is 20.4. The summed E-state index contributed by atoms with van der Waals surface area (Å²) in [6.45, 7) is 5.27. The Kier molecular flexibility index (Phi) is 5.90. The van der Waals surface area contributed by atoms with Crippen molar-refractivity contribution in [3.05, 3.63) is 59.2 Å². The first-order valence-corrected chi connectivity index (χ1v) is 10.1. The Morgan fingerprint density at radius 1 is 1.07 bits per heavy atom. The van der Waals surface area contributed by atoms with Gasteiger partial charge in [-0.25, -0.2) is 8.42 Å². The largest absolute Gasteiger partial charge is 0.366 e. The van der Waals surface area contributed by atoms with Gasteiger partial charge in [0, 0.05) is 0 Å². The summed E-state index contributed by atoms with van der Waals surface area (Å²) in [4.78, 5) is 24.3. The molecule has 0 aliphatic heterocycles. The third-order valence-electron chi connectivity index (χ3n) is 4.28. The molecule has 0 heterocycles. The Bertz CT molecular complexity index is 986. The second kappa shape index (κ2) is 7.79. The third-order valence-corrected chi connectivity index (χ3v) is 5.53. The molecule has 2 rings (SSSR count). The predicted octanol–water partition coefficient (Wildman–Crippen LogP) is 2.20. The van der Waals surface area contributed by atoms with E-state index in [0.29, 0.717) is 5.69 Å². The van der Waals surface area contributed by atoms with Crippen molar-refractivity contribution in [3.63, 3.8) is 0 Å². The highest BCUT2D eigenvalue weighted by Crippen LogP contribution is 2.24. The summed E-state index contributed by atoms with van der Waals surface area (Å²) in [6.07, 6.45) is 1.04. The summed E-state index contributed by atoms with van der Waals surface area (Å²) in [6, 6.07) is 10.4. The molecule has 0 bridgehead atoms. The summed E-state index contributed by atoms with van der Waals surface area (Å²) in [5, 5.41) is 2.59. The van der Waals surface area contributed by atoms with Crippen molar-refractivity contribution in [1.82, 2.24) is 0 Å². The minimum absolute atomic E-state index is 0.148. The van der Waals surface area contributed by atoms with Gasteiger partial charge in [-0.1, -0.05) is 18.2 Å². The van der Waals surface area contributed by atoms with Crippen LogP contribution < -0.4 is 15.4 Å². The minimum Gasteiger partial charge on any atom is -0.366 e. The van der Waals surface area contributed by atoms with Gasteiger partial charge >= 0.3 is 0 Å². The number of sulfonamides is 1. The monoisotopic (exact) mass is 389 g/mol. The van der Waals surface area contributed by atoms with Crippen molar-refractivity contribution in [2.75, 3.05) is 15.9 Å². The van der Waals surface area contributed by atoms with Gasteiger partial charge in [-0.3, -0.25) is 13.9 Å². The van der Waals surface area contributed by atoms with Crippen LogP contribution in [0.3, 0.4) is 0 Å². The lowest BCUT2D eigenvalue weighted by molar-refractivity contribution is -0.116. The van der Waals surface area contributed by atoms with E-state index >= 15 is 0 Å². The minimum atomic E-state index is -3.73. The van der Waals surface area contributed by atoms with E-state index in [4.69, 9.17) is 5.73 Å². The summed E-state index contributed by atoms with van der Waals surface area (Å²) >= 11 is 0. The van der Waals surface area contributed by atoms with E-state index < -0.39 is 27.9 Å². The highest BCUT2D eigenvalue weighted by molar-refractivity contribution is 7.92. The van der Waals surface area contributed by atoms with Crippen LogP contribution in [0.2, 0.25) is 0 Å². The quantitative estimate of drug-likeness (QED) is 0.789. The molecule has 0 aliphatic rings. The lowest BCUT2D eigenvalue weighted by atomic mass is 10.1. The van der Waals surface area contributed by atoms with E-state index in [9.17, 15) is 18.0 Å². The number of amides is 2. The first kappa shape index (κ1) is 20.4. The van der Waals surface area contributed by atoms with Gasteiger partial charge in [0.05, 0.1) is 23.2 Å². The normalized spacial score (nSPS) is 12.3. The molecule has 0 radical (unpaired) electrons. The molecule has 3 N–H and O–H groups in total. The van der Waals surface area contributed by atoms with Crippen LogP contribution in [0.4, 0.5) is 11.4 Å². The van der Waals surface area contributed by atoms with Crippen LogP contribution in [0, 0.1) is 13.8 Å². The van der Waals surface area contributed by atoms with Crippen molar-refractivity contribution >= 4 is 33.2 Å². The molecule has 0 saturated heterocycles. The molecule has 8 heteroatoms. The molecule has 1 unspecified atom stereocenters. The molecule has 7 nitrogen and oxygen atoms in total. The van der Waals surface area contributed by atoms with Crippen molar-refractivity contribution in [3.8, 4) is 0 Å². The Morgan fingerprint density at radius 3 is 2.26 bits per heavy atom. The lowest BCUT2D eigenvalue weighted by Crippen LogP contribution is -2.45. The average Bonchev–Trinajstić information content (AvgIpc) is 2.57. The van der Waals surface area contributed by atoms with Crippen LogP contribution in [0.25, 0.3) is 0 Å². The topological polar surface area (TPSA) is 110 Å². The number of hydrogen-bond acceptors (Lipinski definition) is 4. The van der Waals surface area contributed by atoms with E-state index in [0.717, 1.165) is 21.7 Å². The number of benzene rings is 2. The maximum Gasteiger partial charge on any atom is 0.250 e. The fourth-order valence-corrected chi connectivity index (χ4v) is 3.88. The smallest absolute Gasteiger partial charge is 0.250 e. The molecular formula is C19H23N3O4S. The highest BCUT2D eigenvalue weighted by Gasteiger charge is 2.29. The number of para-hydroxylation sites is 1. The number of carbonyl (C=O) groups is 2. The van der Waals surface area contributed by atoms with Gasteiger partial charge < -0.3 is 11.1 Å². The molecule has 0 fully saturated rings. The van der Waals surface area contributed by atoms with Gasteiger partial charge in [0.2, 0.25) is 15.9 Å². The Labute approximate surface area is 159 Å². The van der Waals surface area contributed by atoms with Crippen molar-refractivity contribution < 1.29 is 18.0 Å². The van der Waals surface area contributed by atoms with Crippen LogP contribution >= 0.6 is 0 Å². The molecule has 2 amide bonds. The first-order valence-electron chi connectivity index (χ1n) is 8.28. The van der Waals surface area contributed by atoms with Gasteiger partial charge in [0.25, 0.3) is 5.91 Å². The van der Waals surface area contributed by atoms with E-state index in [1.807, 2.05) is 13.8 Å². The Morgan fingerprint density at radius 2 is 1.70 bits per heavy atom. The number of nitrogens with zero attached hydrogens (tertiary/aromatic N) is 1. The van der Waals surface area contributed by atoms with Gasteiger partial charge in [0.1, 0.15) is 6.04 Å². The highest BCUT2D eigenvalue weighted by atomic mass is 32.2. The predicted molar refractivity (Wildman–Crippen MR) is 106 cm³/mol. The summed E-state index contributed by atoms with van der Waals surface area (Å²) in [5.41, 5.74) is 8.02. The molecular weight excluding hydrogens is 366 g/mol. The van der Waals surface area contributed by atoms with Gasteiger partial charge in [-0.05, 0) is 56.2 Å². The van der Waals surface area contributed by atoms with Crippen LogP contribution in [-0.4, -0.2) is 32.5 Å². The fourth-order valence-electron chi connectivity index (χ4n) is 2.72. The molecule has 0 aliphatic carbocycles. The summed E-state index contributed by atoms with van der Waals surface area (Å²) in [7, 11) is -3.73. The molecule has 0 aromatic heterocycles. The number of carbonyl (C=O) groups excluding carboxylic acids is 2. The maximum atomic E-state index is 12.7. The van der Waals surface area contributed by atoms with E-state index in [2.05, 4.69) is 5.32 Å². The van der Waals surface area contributed by atoms with Crippen LogP contribution in [0.15, 0.2) is 42.5 Å². The van der Waals surface area contributed by atoms with Crippen LogP contribution in [-0.2, 0) is 14.8 Å². The van der Waals surface area contributed by atoms with E-state index in [1.54, 1.807) is 30.3 Å². The number of hydrogen-bond donors (Lipinski definition) is 2. The zero-order valence-corrected chi connectivity index (χ0v) is 16.5. The molecule has 1 atom stereocenters. The molecule has 0 saturated carbocycles. The summed E-state index contributed by atoms with van der Waals surface area (Å²) in [5.74, 6) is -1.26. The standard InChI is InChI=1S/C19H23N3O4S/c1-12-9-10-15(11-13(12)2)22(27(4,25)26)14(3)19(24)21-17-8-6-5-7-16(17)18(20)23/h5-11,14H,1-4H3,(H2,20,23)(H,21,24). The van der Waals surface area contributed by atoms with E-state index in [-0.39, 0.29) is 11.3 Å². The number of nitrogens with two attached hydrogens (primary N) is 1. The maximum absolute atomic E-state index is 12.7. The van der Waals surface area contributed by atoms with Crippen molar-refractivity contribution in [1.29, 1.82) is 0 Å². The van der Waals surface area contributed by atoms with Crippen LogP contribution in [0.5, 0.6) is 0 Å². The van der Waals surface area contributed by atoms with E-state index in [1.165, 1.54) is 19.1 Å². The first-order chi connectivity index (χ1) is 12.5. The van der Waals surface area contributed by atoms with Gasteiger partial charge in [-0.2, -0.15) is 0 Å². The second-order valence-electron chi connectivity index (χ2n) is 6.40. The molecule has 27 heavy (non-hydrogen) atoms. The van der Waals surface area contributed by atoms with Crippen molar-refractivity contribution in [2.24, 2.45) is 5.73 Å². The SMILES string of the molecule is Cc1ccc(N(C(C)C(=O)Nc2ccccc2C(N)=O)S(C)(=O)=O)cc1C. The fraction of sp³-hybridized carbons (Fsp3) is 0.263. The summed E-state index contributed by atoms with van der Waals surface area (Å²) < 4.78 is 25.8. The van der Waals surface area contributed by atoms with Crippen LogP contribution in [0.1, 0.15) is 28.4 Å². The Hall–Kier alpha value is -2.87. The third kappa shape index (κ3) is 4.65. The molecule has 2 aromatic carbocycles. The van der Waals surface area contributed by atoms with Gasteiger partial charge in [0.15, 0.2) is 0 Å². The number of rotatable bonds is 6. The number of nitrogens with one attached hydrogen (secondary N) is 1. The molecule has 2 aromatic rings. The van der Waals surface area contributed by atoms with Gasteiger partial charge in [-0.15, -0.1) is 0 Å². The zero-order valence-electron chi connectivity index (χ0n) is 15.7. The average molecular weight is 389 g/mol. The number of primary amides is 1. The number of anilines is 2. The van der Waals surface area contributed by atoms with Crippen molar-refractivity contribution in [2.45, 2.75) is 26.8 Å².